The van der Waals surface area contributed by atoms with E-state index in [1.54, 1.807) is 7.11 Å². The molecule has 2 aliphatic heterocycles. The van der Waals surface area contributed by atoms with Crippen LogP contribution in [0.2, 0.25) is 0 Å². The Morgan fingerprint density at radius 2 is 2.12 bits per heavy atom. The van der Waals surface area contributed by atoms with Gasteiger partial charge in [0.2, 0.25) is 0 Å². The van der Waals surface area contributed by atoms with E-state index < -0.39 is 12.0 Å². The summed E-state index contributed by atoms with van der Waals surface area (Å²) in [5.74, 6) is 0.824. The number of rotatable bonds is 11. The van der Waals surface area contributed by atoms with Crippen LogP contribution in [0, 0.1) is 0 Å². The number of aliphatic carboxylic acids is 1. The molecule has 1 aromatic carbocycles. The molecule has 7 nitrogen and oxygen atoms in total. The number of para-hydroxylation sites is 1. The number of methoxy groups -OCH3 is 1. The van der Waals surface area contributed by atoms with Crippen molar-refractivity contribution in [3.8, 4) is 5.75 Å². The van der Waals surface area contributed by atoms with Gasteiger partial charge < -0.3 is 19.9 Å². The van der Waals surface area contributed by atoms with Crippen LogP contribution >= 0.6 is 0 Å². The van der Waals surface area contributed by atoms with E-state index in [1.807, 2.05) is 29.2 Å². The first-order valence-corrected chi connectivity index (χ1v) is 12.1. The van der Waals surface area contributed by atoms with E-state index in [1.165, 1.54) is 12.0 Å². The molecule has 2 atom stereocenters. The van der Waals surface area contributed by atoms with Gasteiger partial charge in [0.25, 0.3) is 0 Å². The number of aryl methyl sites for hydroxylation is 2. The first kappa shape index (κ1) is 23.5. The maximum Gasteiger partial charge on any atom is 0.325 e. The van der Waals surface area contributed by atoms with E-state index >= 15 is 0 Å². The van der Waals surface area contributed by atoms with Crippen molar-refractivity contribution in [2.45, 2.75) is 57.1 Å². The van der Waals surface area contributed by atoms with Crippen LogP contribution in [0.5, 0.6) is 5.75 Å². The smallest absolute Gasteiger partial charge is 0.325 e. The normalized spacial score (nSPS) is 19.0. The highest BCUT2D eigenvalue weighted by atomic mass is 16.5. The van der Waals surface area contributed by atoms with E-state index in [0.717, 1.165) is 56.6 Å². The molecule has 0 radical (unpaired) electrons. The highest BCUT2D eigenvalue weighted by Gasteiger charge is 2.35. The lowest BCUT2D eigenvalue weighted by molar-refractivity contribution is -0.143. The number of carboxylic acids is 1. The molecule has 1 aromatic heterocycles. The molecule has 0 spiro atoms. The van der Waals surface area contributed by atoms with Crippen LogP contribution in [0.4, 0.5) is 5.82 Å². The zero-order valence-corrected chi connectivity index (χ0v) is 19.5. The van der Waals surface area contributed by atoms with Crippen LogP contribution in [-0.2, 0) is 22.4 Å². The van der Waals surface area contributed by atoms with Gasteiger partial charge in [0.15, 0.2) is 0 Å². The summed E-state index contributed by atoms with van der Waals surface area (Å²) in [5, 5.41) is 13.3. The summed E-state index contributed by atoms with van der Waals surface area (Å²) in [7, 11) is 1.58. The maximum atomic E-state index is 12.0. The second-order valence-electron chi connectivity index (χ2n) is 8.91. The first-order valence-electron chi connectivity index (χ1n) is 12.1. The molecule has 178 valence electrons. The number of hydrogen-bond acceptors (Lipinski definition) is 6. The monoisotopic (exact) mass is 453 g/mol. The number of pyridine rings is 1. The molecular formula is C26H35N3O4. The summed E-state index contributed by atoms with van der Waals surface area (Å²) >= 11 is 0. The van der Waals surface area contributed by atoms with Crippen LogP contribution in [0.1, 0.15) is 55.0 Å². The second kappa shape index (κ2) is 11.5. The Balaban J connectivity index is 1.18. The molecule has 4 rings (SSSR count). The minimum atomic E-state index is -0.855. The standard InChI is InChI=1S/C26H35N3O4/c1-32-23-11-5-4-10-22(23)24(26(30)31)29-16-14-21(18-29)33-17-6-2-3-9-20-13-12-19-8-7-15-27-25(19)28-20/h4-5,10-13,21,24H,2-3,6-9,14-18H2,1H3,(H,27,28)(H,30,31)/t21-,24?/m1/s1. The van der Waals surface area contributed by atoms with Gasteiger partial charge in [-0.1, -0.05) is 30.7 Å². The van der Waals surface area contributed by atoms with Gasteiger partial charge in [-0.2, -0.15) is 0 Å². The Labute approximate surface area is 196 Å². The topological polar surface area (TPSA) is 83.9 Å². The van der Waals surface area contributed by atoms with Crippen LogP contribution in [0.25, 0.3) is 0 Å². The van der Waals surface area contributed by atoms with Crippen molar-refractivity contribution >= 4 is 11.8 Å². The van der Waals surface area contributed by atoms with E-state index in [0.29, 0.717) is 31.0 Å². The van der Waals surface area contributed by atoms with E-state index in [2.05, 4.69) is 17.4 Å². The van der Waals surface area contributed by atoms with Crippen molar-refractivity contribution in [1.29, 1.82) is 0 Å². The predicted molar refractivity (Wildman–Crippen MR) is 128 cm³/mol. The van der Waals surface area contributed by atoms with Crippen LogP contribution in [0.3, 0.4) is 0 Å². The summed E-state index contributed by atoms with van der Waals surface area (Å²) in [6.45, 7) is 3.06. The second-order valence-corrected chi connectivity index (χ2v) is 8.91. The fraction of sp³-hybridized carbons (Fsp3) is 0.538. The number of carbonyl (C=O) groups is 1. The molecule has 2 aliphatic rings. The molecule has 1 saturated heterocycles. The van der Waals surface area contributed by atoms with Crippen molar-refractivity contribution in [3.63, 3.8) is 0 Å². The first-order chi connectivity index (χ1) is 16.2. The van der Waals surface area contributed by atoms with Crippen molar-refractivity contribution in [2.24, 2.45) is 0 Å². The number of nitrogens with one attached hydrogen (secondary N) is 1. The Hall–Kier alpha value is -2.64. The number of fused-ring (bicyclic) bond motifs is 1. The molecule has 0 amide bonds. The lowest BCUT2D eigenvalue weighted by atomic mass is 10.0. The van der Waals surface area contributed by atoms with E-state index in [9.17, 15) is 9.90 Å². The minimum Gasteiger partial charge on any atom is -0.496 e. The van der Waals surface area contributed by atoms with Crippen molar-refractivity contribution in [1.82, 2.24) is 9.88 Å². The van der Waals surface area contributed by atoms with Crippen molar-refractivity contribution in [3.05, 3.63) is 53.2 Å². The molecule has 2 N–H and O–H groups in total. The molecule has 3 heterocycles. The van der Waals surface area contributed by atoms with Crippen molar-refractivity contribution in [2.75, 3.05) is 38.7 Å². The van der Waals surface area contributed by atoms with Gasteiger partial charge in [-0.05, 0) is 56.2 Å². The summed E-state index contributed by atoms with van der Waals surface area (Å²) in [6.07, 6.45) is 7.43. The highest BCUT2D eigenvalue weighted by molar-refractivity contribution is 5.76. The zero-order chi connectivity index (χ0) is 23.0. The number of likely N-dealkylation sites (tertiary alicyclic amines) is 1. The number of unbranched alkanes of at least 4 members (excludes halogenated alkanes) is 2. The average Bonchev–Trinajstić information content (AvgIpc) is 3.29. The molecule has 0 saturated carbocycles. The Kier molecular flexibility index (Phi) is 8.18. The average molecular weight is 454 g/mol. The minimum absolute atomic E-state index is 0.0787. The number of carboxylic acid groups (broad SMARTS) is 1. The molecule has 1 unspecified atom stereocenters. The Bertz CT molecular complexity index is 936. The number of nitrogens with zero attached hydrogens (tertiary/aromatic N) is 2. The third kappa shape index (κ3) is 6.03. The lowest BCUT2D eigenvalue weighted by Gasteiger charge is -2.25. The van der Waals surface area contributed by atoms with E-state index in [4.69, 9.17) is 14.5 Å². The van der Waals surface area contributed by atoms with Crippen LogP contribution < -0.4 is 10.1 Å². The maximum absolute atomic E-state index is 12.0. The molecular weight excluding hydrogens is 418 g/mol. The number of benzene rings is 1. The van der Waals surface area contributed by atoms with Gasteiger partial charge in [0.1, 0.15) is 17.6 Å². The number of ether oxygens (including phenoxy) is 2. The molecule has 33 heavy (non-hydrogen) atoms. The van der Waals surface area contributed by atoms with Gasteiger partial charge >= 0.3 is 5.97 Å². The SMILES string of the molecule is COc1ccccc1C(C(=O)O)N1CC[C@@H](OCCCCCc2ccc3c(n2)NCCC3)C1. The van der Waals surface area contributed by atoms with E-state index in [-0.39, 0.29) is 6.10 Å². The van der Waals surface area contributed by atoms with Crippen LogP contribution in [0.15, 0.2) is 36.4 Å². The molecule has 0 bridgehead atoms. The predicted octanol–water partition coefficient (Wildman–Crippen LogP) is 4.08. The lowest BCUT2D eigenvalue weighted by Crippen LogP contribution is -2.33. The van der Waals surface area contributed by atoms with Gasteiger partial charge in [-0.15, -0.1) is 0 Å². The number of hydrogen-bond donors (Lipinski definition) is 2. The summed E-state index contributed by atoms with van der Waals surface area (Å²) < 4.78 is 11.5. The van der Waals surface area contributed by atoms with Crippen LogP contribution in [-0.4, -0.2) is 60.4 Å². The van der Waals surface area contributed by atoms with Gasteiger partial charge in [0, 0.05) is 37.5 Å². The summed E-state index contributed by atoms with van der Waals surface area (Å²) in [4.78, 5) is 18.8. The molecule has 2 aromatic rings. The third-order valence-corrected chi connectivity index (χ3v) is 6.59. The fourth-order valence-electron chi connectivity index (χ4n) is 4.85. The third-order valence-electron chi connectivity index (χ3n) is 6.59. The van der Waals surface area contributed by atoms with Gasteiger partial charge in [0.05, 0.1) is 13.2 Å². The Morgan fingerprint density at radius 1 is 1.24 bits per heavy atom. The summed E-state index contributed by atoms with van der Waals surface area (Å²) in [6, 6.07) is 11.0. The Morgan fingerprint density at radius 3 is 2.97 bits per heavy atom. The quantitative estimate of drug-likeness (QED) is 0.496. The van der Waals surface area contributed by atoms with Gasteiger partial charge in [-0.25, -0.2) is 4.98 Å². The summed E-state index contributed by atoms with van der Waals surface area (Å²) in [5.41, 5.74) is 3.19. The molecule has 1 fully saturated rings. The fourth-order valence-corrected chi connectivity index (χ4v) is 4.85. The number of anilines is 1. The van der Waals surface area contributed by atoms with Gasteiger partial charge in [-0.3, -0.25) is 9.69 Å². The molecule has 0 aliphatic carbocycles. The molecule has 7 heteroatoms. The zero-order valence-electron chi connectivity index (χ0n) is 19.5. The van der Waals surface area contributed by atoms with Crippen molar-refractivity contribution < 1.29 is 19.4 Å². The highest BCUT2D eigenvalue weighted by Crippen LogP contribution is 2.32. The number of aromatic nitrogens is 1. The largest absolute Gasteiger partial charge is 0.496 e.